The van der Waals surface area contributed by atoms with Crippen molar-refractivity contribution in [1.29, 1.82) is 10.5 Å². The molecule has 133 heavy (non-hydrogen) atoms. The van der Waals surface area contributed by atoms with Gasteiger partial charge in [-0.3, -0.25) is 47.9 Å². The average Bonchev–Trinajstić information content (AvgIpc) is 1.54. The quantitative estimate of drug-likeness (QED) is 0.0397. The lowest BCUT2D eigenvalue weighted by Crippen LogP contribution is -2.52. The Morgan fingerprint density at radius 1 is 0.383 bits per heavy atom. The molecule has 0 aromatic carbocycles. The van der Waals surface area contributed by atoms with Crippen molar-refractivity contribution in [1.82, 2.24) is 0 Å². The predicted octanol–water partition coefficient (Wildman–Crippen LogP) is 20.5. The molecule has 5 saturated carbocycles. The van der Waals surface area contributed by atoms with Crippen LogP contribution in [0.1, 0.15) is 255 Å². The van der Waals surface area contributed by atoms with E-state index in [-0.39, 0.29) is 97.0 Å². The standard InChI is InChI=1S/C16H30O2.C15H19NO4.C14H17NO4.C12H10F12O4.C10H16O4.2C9H12F6O2/c1-7-16(5,6)14(17)18-13-10-8-12(9-11-13)15(2,3)4;1-4-14(2,3)12(17)19-10-8-5-9-11(10)20-13(18)15(9,6-8)7-16;1-3-7(2)12(16)18-10-8-4-9-11(10)19-13(17)14(9,5-8)6-15;1-3-8(2,6(25)27-4(9(13,14)15)10(16,17)18)7(26)28-5(11(19,20)21)12(22,23)24;1-4-10(2,3)9(12)14-7-5-6-13-8(7)11;2*1-4-7(2,3)6(16)17-5(8(10,11)12)9(13,14)15/h12-13H,7-11H2,1-6H3;8-11H,4-6H2,1-3H3;7-11H,3-5H2,1-2H3;4-5H,3H2,1-2H3;7H,4-6H2,1-3H3;2*5H,4H2,1-3H3. The Labute approximate surface area is 752 Å². The third kappa shape index (κ3) is 30.7. The number of carbonyl (C=O) groups is 11. The second-order valence-corrected chi connectivity index (χ2v) is 38.0. The maximum Gasteiger partial charge on any atom is 0.434 e. The molecule has 24 nitrogen and oxygen atoms in total. The van der Waals surface area contributed by atoms with E-state index in [0.717, 1.165) is 44.4 Å². The molecule has 0 aromatic rings. The van der Waals surface area contributed by atoms with Gasteiger partial charge in [0.25, 0.3) is 24.4 Å². The van der Waals surface area contributed by atoms with Crippen LogP contribution >= 0.6 is 0 Å². The first kappa shape index (κ1) is 121. The zero-order valence-corrected chi connectivity index (χ0v) is 77.2. The monoisotopic (exact) mass is 1970 g/mol. The maximum atomic E-state index is 12.4. The number of carbonyl (C=O) groups excluding carboxylic acids is 11. The van der Waals surface area contributed by atoms with E-state index in [0.29, 0.717) is 51.0 Å². The lowest BCUT2D eigenvalue weighted by Gasteiger charge is -2.37. The van der Waals surface area contributed by atoms with Crippen LogP contribution in [0.4, 0.5) is 105 Å². The molecule has 5 aliphatic carbocycles. The van der Waals surface area contributed by atoms with E-state index in [4.69, 9.17) is 33.2 Å². The van der Waals surface area contributed by atoms with Gasteiger partial charge in [0.05, 0.1) is 51.7 Å². The molecular weight excluding hydrogens is 1860 g/mol. The number of halogens is 24. The van der Waals surface area contributed by atoms with Gasteiger partial charge in [-0.05, 0) is 184 Å². The van der Waals surface area contributed by atoms with E-state index in [1.165, 1.54) is 54.4 Å². The van der Waals surface area contributed by atoms with E-state index in [9.17, 15) is 169 Å². The van der Waals surface area contributed by atoms with Crippen LogP contribution in [0, 0.1) is 107 Å². The topological polar surface area (TPSA) is 337 Å². The number of alkyl halides is 24. The number of rotatable bonds is 23. The van der Waals surface area contributed by atoms with Gasteiger partial charge in [-0.15, -0.1) is 0 Å². The van der Waals surface area contributed by atoms with Gasteiger partial charge in [-0.2, -0.15) is 116 Å². The van der Waals surface area contributed by atoms with Crippen LogP contribution in [0.15, 0.2) is 0 Å². The van der Waals surface area contributed by atoms with Gasteiger partial charge >= 0.3 is 115 Å². The molecule has 8 aliphatic rings. The van der Waals surface area contributed by atoms with Crippen molar-refractivity contribution in [3.63, 3.8) is 0 Å². The normalized spacial score (nSPS) is 24.9. The summed E-state index contributed by atoms with van der Waals surface area (Å²) in [5.41, 5.74) is -9.06. The molecule has 3 heterocycles. The molecular formula is C85H116F24N2O22. The minimum Gasteiger partial charge on any atom is -0.463 e. The molecule has 0 radical (unpaired) electrons. The Kier molecular flexibility index (Phi) is 40.1. The average molecular weight is 1970 g/mol. The highest BCUT2D eigenvalue weighted by Crippen LogP contribution is 2.64. The molecule has 0 aromatic heterocycles. The third-order valence-corrected chi connectivity index (χ3v) is 25.4. The summed E-state index contributed by atoms with van der Waals surface area (Å²) < 4.78 is 344. The molecule has 0 spiro atoms. The van der Waals surface area contributed by atoms with Gasteiger partial charge in [-0.25, -0.2) is 4.79 Å². The molecule has 48 heteroatoms. The summed E-state index contributed by atoms with van der Waals surface area (Å²) in [7, 11) is 0. The summed E-state index contributed by atoms with van der Waals surface area (Å²) in [4.78, 5) is 128. The Bertz CT molecular complexity index is 3940. The highest BCUT2D eigenvalue weighted by Gasteiger charge is 2.75. The van der Waals surface area contributed by atoms with Gasteiger partial charge in [0.1, 0.15) is 30.5 Å². The number of nitriles is 2. The summed E-state index contributed by atoms with van der Waals surface area (Å²) >= 11 is 0. The SMILES string of the molecule is CCC(C)(C(=O)OC(C(F)(F)F)C(F)(F)F)C(=O)OC(C(F)(F)F)C(F)(F)F.CCC(C)(C)C(=O)OC(C(F)(F)F)C(F)(F)F.CCC(C)(C)C(=O)OC(C(F)(F)F)C(F)(F)F.CCC(C)(C)C(=O)OC1C2CC3C1OC(=O)C3(C#N)C2.CCC(C)(C)C(=O)OC1CCC(C(C)(C)C)CC1.CCC(C)(C)C(=O)OC1CCOC1=O.CCC(C)C(=O)OC1C2CC3C1OC(=O)C3(C#N)C2. The van der Waals surface area contributed by atoms with Crippen molar-refractivity contribution in [3.8, 4) is 12.1 Å². The number of ether oxygens (including phenoxy) is 11. The number of cyclic esters (lactones) is 1. The summed E-state index contributed by atoms with van der Waals surface area (Å²) in [6.45, 7) is 36.8. The van der Waals surface area contributed by atoms with Crippen LogP contribution in [-0.2, 0) is 105 Å². The first-order valence-electron chi connectivity index (χ1n) is 42.4. The van der Waals surface area contributed by atoms with Gasteiger partial charge in [0, 0.05) is 30.1 Å². The highest BCUT2D eigenvalue weighted by atomic mass is 19.4. The lowest BCUT2D eigenvalue weighted by atomic mass is 9.72. The second kappa shape index (κ2) is 44.3. The van der Waals surface area contributed by atoms with Crippen LogP contribution in [-0.4, -0.2) is 183 Å². The summed E-state index contributed by atoms with van der Waals surface area (Å²) in [5, 5.41) is 18.6. The number of fused-ring (bicyclic) bond motifs is 2. The molecule has 3 saturated heterocycles. The van der Waals surface area contributed by atoms with Crippen molar-refractivity contribution in [2.45, 2.75) is 366 Å². The van der Waals surface area contributed by atoms with Gasteiger partial charge < -0.3 is 52.1 Å². The minimum atomic E-state index is -6.23. The van der Waals surface area contributed by atoms with Crippen molar-refractivity contribution >= 4 is 65.7 Å². The zero-order chi connectivity index (χ0) is 104. The first-order valence-corrected chi connectivity index (χ1v) is 42.4. The number of nitrogens with zero attached hydrogens (tertiary/aromatic N) is 2. The van der Waals surface area contributed by atoms with Crippen molar-refractivity contribution < 1.29 is 210 Å². The summed E-state index contributed by atoms with van der Waals surface area (Å²) in [5.74, 6) is -9.92. The molecule has 3 aliphatic heterocycles. The van der Waals surface area contributed by atoms with Gasteiger partial charge in [-0.1, -0.05) is 76.2 Å². The molecule has 0 amide bonds. The highest BCUT2D eigenvalue weighted by molar-refractivity contribution is 6.00. The molecule has 0 N–H and O–H groups in total. The number of hydrogen-bond donors (Lipinski definition) is 0. The first-order chi connectivity index (χ1) is 59.7. The fourth-order valence-electron chi connectivity index (χ4n) is 13.9. The number of hydrogen-bond acceptors (Lipinski definition) is 24. The van der Waals surface area contributed by atoms with Crippen LogP contribution in [0.5, 0.6) is 0 Å². The zero-order valence-electron chi connectivity index (χ0n) is 77.2. The molecule has 8 rings (SSSR count). The largest absolute Gasteiger partial charge is 0.463 e. The molecule has 12 atom stereocenters. The fraction of sp³-hybridized carbons (Fsp3) is 0.847. The van der Waals surface area contributed by atoms with Gasteiger partial charge in [0.15, 0.2) is 16.2 Å². The van der Waals surface area contributed by atoms with E-state index in [1.54, 1.807) is 13.8 Å². The lowest BCUT2D eigenvalue weighted by molar-refractivity contribution is -0.320. The van der Waals surface area contributed by atoms with E-state index < -0.39 is 178 Å². The third-order valence-electron chi connectivity index (χ3n) is 25.4. The van der Waals surface area contributed by atoms with E-state index >= 15 is 0 Å². The molecule has 766 valence electrons. The van der Waals surface area contributed by atoms with Crippen molar-refractivity contribution in [2.75, 3.05) is 6.61 Å². The predicted molar refractivity (Wildman–Crippen MR) is 411 cm³/mol. The Balaban J connectivity index is 0.000000530. The van der Waals surface area contributed by atoms with Crippen molar-refractivity contribution in [2.24, 2.45) is 84.2 Å². The Hall–Kier alpha value is -8.53. The maximum absolute atomic E-state index is 12.4. The Morgan fingerprint density at radius 2 is 0.662 bits per heavy atom. The molecule has 4 bridgehead atoms. The van der Waals surface area contributed by atoms with E-state index in [2.05, 4.69) is 51.9 Å². The van der Waals surface area contributed by atoms with Crippen LogP contribution in [0.3, 0.4) is 0 Å². The fourth-order valence-corrected chi connectivity index (χ4v) is 13.9. The van der Waals surface area contributed by atoms with E-state index in [1.807, 2.05) is 62.3 Å². The number of esters is 11. The minimum absolute atomic E-state index is 0.0239. The smallest absolute Gasteiger partial charge is 0.434 e. The van der Waals surface area contributed by atoms with Gasteiger partial charge in [0.2, 0.25) is 6.10 Å². The van der Waals surface area contributed by atoms with Crippen LogP contribution in [0.2, 0.25) is 0 Å². The molecule has 8 fully saturated rings. The summed E-state index contributed by atoms with van der Waals surface area (Å²) in [6, 6.07) is 4.29. The van der Waals surface area contributed by atoms with Crippen LogP contribution < -0.4 is 0 Å². The van der Waals surface area contributed by atoms with Crippen LogP contribution in [0.25, 0.3) is 0 Å². The Morgan fingerprint density at radius 3 is 0.917 bits per heavy atom. The molecule has 12 unspecified atom stereocenters. The second-order valence-electron chi connectivity index (χ2n) is 38.0. The van der Waals surface area contributed by atoms with Crippen molar-refractivity contribution in [3.05, 3.63) is 0 Å². The summed E-state index contributed by atoms with van der Waals surface area (Å²) in [6.07, 6.45) is -58.1.